The normalized spacial score (nSPS) is 13.1. The maximum Gasteiger partial charge on any atom is 0.338 e. The molecule has 0 aliphatic heterocycles. The largest absolute Gasteiger partial charge is 0.479 e. The molecular weight excluding hydrogens is 458 g/mol. The van der Waals surface area contributed by atoms with Crippen molar-refractivity contribution in [2.75, 3.05) is 0 Å². The number of hydrogen-bond acceptors (Lipinski definition) is 6. The molecule has 0 radical (unpaired) electrons. The van der Waals surface area contributed by atoms with Crippen molar-refractivity contribution in [3.05, 3.63) is 0 Å². The number of carboxylic acid groups (broad SMARTS) is 1. The van der Waals surface area contributed by atoms with Gasteiger partial charge in [0.15, 0.2) is 12.2 Å². The van der Waals surface area contributed by atoms with E-state index in [0.717, 1.165) is 77.0 Å². The van der Waals surface area contributed by atoms with Gasteiger partial charge in [-0.3, -0.25) is 0 Å². The summed E-state index contributed by atoms with van der Waals surface area (Å²) in [7, 11) is 0. The first kappa shape index (κ1) is 37.0. The number of aliphatic carboxylic acids is 1. The second-order valence-electron chi connectivity index (χ2n) is 10.4. The fourth-order valence-electron chi connectivity index (χ4n) is 4.75. The number of ether oxygens (including phenoxy) is 1. The first-order chi connectivity index (χ1) is 16.8. The Hall–Kier alpha value is -1.18. The predicted octanol–water partition coefficient (Wildman–Crippen LogP) is 7.49. The maximum atomic E-state index is 12.7. The molecule has 0 spiro atoms. The third kappa shape index (κ3) is 18.1. The number of unbranched alkanes of at least 4 members (excludes halogenated alkanes) is 15. The van der Waals surface area contributed by atoms with E-state index < -0.39 is 29.7 Å². The van der Waals surface area contributed by atoms with E-state index in [1.54, 1.807) is 0 Å². The second-order valence-corrected chi connectivity index (χ2v) is 10.4. The molecule has 0 aromatic rings. The third-order valence-electron chi connectivity index (χ3n) is 7.07. The summed E-state index contributed by atoms with van der Waals surface area (Å²) in [6.07, 6.45) is 18.4. The Balaban J connectivity index is 0. The molecule has 2 atom stereocenters. The van der Waals surface area contributed by atoms with Gasteiger partial charge in [-0.2, -0.15) is 0 Å². The number of rotatable bonds is 25. The van der Waals surface area contributed by atoms with Gasteiger partial charge in [-0.25, -0.2) is 9.59 Å². The highest BCUT2D eigenvalue weighted by atomic mass is 16.6. The van der Waals surface area contributed by atoms with E-state index in [2.05, 4.69) is 20.8 Å². The van der Waals surface area contributed by atoms with Crippen LogP contribution in [0.3, 0.4) is 0 Å². The highest BCUT2D eigenvalue weighted by Crippen LogP contribution is 2.33. The molecule has 36 heavy (non-hydrogen) atoms. The van der Waals surface area contributed by atoms with Crippen molar-refractivity contribution in [3.63, 3.8) is 0 Å². The summed E-state index contributed by atoms with van der Waals surface area (Å²) in [5.41, 5.74) is -0.698. The van der Waals surface area contributed by atoms with Crippen LogP contribution in [0.5, 0.6) is 0 Å². The Morgan fingerprint density at radius 2 is 0.889 bits per heavy atom. The lowest BCUT2D eigenvalue weighted by atomic mass is 9.84. The Kier molecular flexibility index (Phi) is 24.8. The van der Waals surface area contributed by atoms with Crippen LogP contribution >= 0.6 is 0 Å². The molecule has 216 valence electrons. The smallest absolute Gasteiger partial charge is 0.338 e. The van der Waals surface area contributed by atoms with Crippen LogP contribution in [0, 0.1) is 0 Å². The number of carbonyl (C=O) groups excluding carboxylic acids is 1. The molecule has 0 rings (SSSR count). The predicted molar refractivity (Wildman–Crippen MR) is 147 cm³/mol. The Morgan fingerprint density at radius 1 is 0.583 bits per heavy atom. The fraction of sp³-hybridized carbons (Fsp3) is 0.931. The monoisotopic (exact) mass is 517 g/mol. The minimum atomic E-state index is -2.17. The lowest BCUT2D eigenvalue weighted by molar-refractivity contribution is -0.184. The molecule has 0 saturated carbocycles. The lowest BCUT2D eigenvalue weighted by Gasteiger charge is -2.35. The maximum absolute atomic E-state index is 12.7. The molecule has 0 amide bonds. The summed E-state index contributed by atoms with van der Waals surface area (Å²) >= 11 is 0. The van der Waals surface area contributed by atoms with E-state index >= 15 is 0 Å². The minimum absolute atomic E-state index is 0. The van der Waals surface area contributed by atoms with Gasteiger partial charge in [-0.1, -0.05) is 117 Å². The second kappa shape index (κ2) is 24.2. The summed E-state index contributed by atoms with van der Waals surface area (Å²) in [5, 5.41) is 28.8. The Labute approximate surface area is 221 Å². The molecule has 0 aliphatic carbocycles. The topological polar surface area (TPSA) is 139 Å². The van der Waals surface area contributed by atoms with Crippen LogP contribution in [0.25, 0.3) is 0 Å². The standard InChI is InChI=1S/C29H56O6.H3N/c1-4-7-10-13-16-19-22-29(23-20-17-14-11-8-5-2,24-21-18-15-12-9-6-3)35-28(34)26(31)25(30)27(32)33;/h25-26,30-31H,4-24H2,1-3H3,(H,32,33);1H3. The van der Waals surface area contributed by atoms with Crippen LogP contribution in [-0.4, -0.2) is 45.1 Å². The zero-order valence-corrected chi connectivity index (χ0v) is 23.8. The van der Waals surface area contributed by atoms with Crippen LogP contribution in [-0.2, 0) is 14.3 Å². The summed E-state index contributed by atoms with van der Waals surface area (Å²) < 4.78 is 5.94. The minimum Gasteiger partial charge on any atom is -0.479 e. The Bertz CT molecular complexity index is 487. The van der Waals surface area contributed by atoms with Crippen molar-refractivity contribution in [1.29, 1.82) is 0 Å². The van der Waals surface area contributed by atoms with Crippen LogP contribution in [0.4, 0.5) is 0 Å². The molecule has 0 fully saturated rings. The van der Waals surface area contributed by atoms with Gasteiger partial charge in [0.2, 0.25) is 0 Å². The van der Waals surface area contributed by atoms with Gasteiger partial charge in [0.1, 0.15) is 5.60 Å². The molecule has 7 nitrogen and oxygen atoms in total. The average Bonchev–Trinajstić information content (AvgIpc) is 2.84. The van der Waals surface area contributed by atoms with Crippen molar-refractivity contribution in [2.45, 2.75) is 173 Å². The molecule has 0 heterocycles. The molecule has 0 saturated heterocycles. The van der Waals surface area contributed by atoms with Crippen LogP contribution < -0.4 is 6.15 Å². The highest BCUT2D eigenvalue weighted by molar-refractivity contribution is 5.84. The number of esters is 1. The fourth-order valence-corrected chi connectivity index (χ4v) is 4.75. The van der Waals surface area contributed by atoms with Crippen molar-refractivity contribution in [2.24, 2.45) is 0 Å². The van der Waals surface area contributed by atoms with Gasteiger partial charge in [-0.05, 0) is 38.5 Å². The van der Waals surface area contributed by atoms with Crippen molar-refractivity contribution in [3.8, 4) is 0 Å². The van der Waals surface area contributed by atoms with Gasteiger partial charge in [0, 0.05) is 0 Å². The quantitative estimate of drug-likeness (QED) is 0.0726. The van der Waals surface area contributed by atoms with Crippen molar-refractivity contribution in [1.82, 2.24) is 6.15 Å². The lowest BCUT2D eigenvalue weighted by Crippen LogP contribution is -2.45. The van der Waals surface area contributed by atoms with Gasteiger partial charge in [0.05, 0.1) is 0 Å². The van der Waals surface area contributed by atoms with Crippen molar-refractivity contribution < 1.29 is 29.6 Å². The Morgan fingerprint density at radius 3 is 1.19 bits per heavy atom. The molecule has 0 bridgehead atoms. The van der Waals surface area contributed by atoms with E-state index in [0.29, 0.717) is 0 Å². The molecule has 7 heteroatoms. The molecule has 2 unspecified atom stereocenters. The van der Waals surface area contributed by atoms with Crippen LogP contribution in [0.2, 0.25) is 0 Å². The van der Waals surface area contributed by atoms with E-state index in [1.807, 2.05) is 0 Å². The average molecular weight is 518 g/mol. The zero-order valence-electron chi connectivity index (χ0n) is 23.8. The van der Waals surface area contributed by atoms with E-state index in [-0.39, 0.29) is 6.15 Å². The molecular formula is C29H59NO6. The summed E-state index contributed by atoms with van der Waals surface area (Å²) in [4.78, 5) is 23.8. The molecule has 0 aliphatic rings. The summed E-state index contributed by atoms with van der Waals surface area (Å²) in [5.74, 6) is -2.63. The van der Waals surface area contributed by atoms with Gasteiger partial charge < -0.3 is 26.2 Å². The first-order valence-electron chi connectivity index (χ1n) is 14.6. The van der Waals surface area contributed by atoms with Crippen molar-refractivity contribution >= 4 is 11.9 Å². The van der Waals surface area contributed by atoms with Gasteiger partial charge >= 0.3 is 11.9 Å². The molecule has 6 N–H and O–H groups in total. The SMILES string of the molecule is CCCCCCCCC(CCCCCCCC)(CCCCCCCC)OC(=O)C(O)C(O)C(=O)O.N. The van der Waals surface area contributed by atoms with Crippen LogP contribution in [0.15, 0.2) is 0 Å². The third-order valence-corrected chi connectivity index (χ3v) is 7.07. The molecule has 0 aromatic carbocycles. The summed E-state index contributed by atoms with van der Waals surface area (Å²) in [6.45, 7) is 6.59. The highest BCUT2D eigenvalue weighted by Gasteiger charge is 2.38. The number of aliphatic hydroxyl groups excluding tert-OH is 2. The summed E-state index contributed by atoms with van der Waals surface area (Å²) in [6, 6.07) is 0. The van der Waals surface area contributed by atoms with E-state index in [4.69, 9.17) is 9.84 Å². The first-order valence-corrected chi connectivity index (χ1v) is 14.6. The van der Waals surface area contributed by atoms with Gasteiger partial charge in [0.25, 0.3) is 0 Å². The van der Waals surface area contributed by atoms with E-state index in [9.17, 15) is 19.8 Å². The van der Waals surface area contributed by atoms with Gasteiger partial charge in [-0.15, -0.1) is 0 Å². The van der Waals surface area contributed by atoms with Crippen LogP contribution in [0.1, 0.15) is 156 Å². The van der Waals surface area contributed by atoms with E-state index in [1.165, 1.54) is 57.8 Å². The number of aliphatic hydroxyl groups is 2. The number of carboxylic acids is 1. The number of carbonyl (C=O) groups is 2. The molecule has 0 aromatic heterocycles. The number of hydrogen-bond donors (Lipinski definition) is 4. The zero-order chi connectivity index (χ0) is 26.4.